The highest BCUT2D eigenvalue weighted by Crippen LogP contribution is 2.23. The van der Waals surface area contributed by atoms with Crippen LogP contribution in [0.5, 0.6) is 0 Å². The standard InChI is InChI=1S/C23H23ClN4O3/c1-15(29)16-5-3-9-20(12-16)25-23(30)18-7-4-10-28(13-18)14-21-26-22(27-31-21)17-6-2-8-19(24)11-17/h2-3,5-6,8-9,11-12,18H,4,7,10,13-14H2,1H3,(H,25,30). The van der Waals surface area contributed by atoms with Crippen LogP contribution in [-0.4, -0.2) is 39.8 Å². The first-order chi connectivity index (χ1) is 15.0. The van der Waals surface area contributed by atoms with Crippen LogP contribution in [0.1, 0.15) is 36.0 Å². The summed E-state index contributed by atoms with van der Waals surface area (Å²) in [5.41, 5.74) is 2.01. The molecule has 1 atom stereocenters. The van der Waals surface area contributed by atoms with E-state index in [1.807, 2.05) is 12.1 Å². The van der Waals surface area contributed by atoms with Crippen LogP contribution in [0.15, 0.2) is 53.1 Å². The lowest BCUT2D eigenvalue weighted by Gasteiger charge is -2.30. The molecular weight excluding hydrogens is 416 g/mol. The summed E-state index contributed by atoms with van der Waals surface area (Å²) in [7, 11) is 0. The van der Waals surface area contributed by atoms with Crippen molar-refractivity contribution < 1.29 is 14.1 Å². The van der Waals surface area contributed by atoms with Crippen molar-refractivity contribution in [2.45, 2.75) is 26.3 Å². The zero-order valence-electron chi connectivity index (χ0n) is 17.2. The first-order valence-electron chi connectivity index (χ1n) is 10.2. The molecule has 2 aromatic carbocycles. The van der Waals surface area contributed by atoms with Crippen molar-refractivity contribution in [2.24, 2.45) is 5.92 Å². The van der Waals surface area contributed by atoms with Gasteiger partial charge in [0.2, 0.25) is 17.6 Å². The number of ketones is 1. The predicted molar refractivity (Wildman–Crippen MR) is 118 cm³/mol. The number of hydrogen-bond acceptors (Lipinski definition) is 6. The second-order valence-corrected chi connectivity index (χ2v) is 8.16. The van der Waals surface area contributed by atoms with Crippen molar-refractivity contribution >= 4 is 29.0 Å². The molecule has 1 aliphatic rings. The molecule has 160 valence electrons. The van der Waals surface area contributed by atoms with Crippen LogP contribution in [0.4, 0.5) is 5.69 Å². The maximum Gasteiger partial charge on any atom is 0.241 e. The summed E-state index contributed by atoms with van der Waals surface area (Å²) in [5.74, 6) is 0.775. The Hall–Kier alpha value is -3.03. The van der Waals surface area contributed by atoms with Gasteiger partial charge in [0.1, 0.15) is 0 Å². The number of nitrogens with zero attached hydrogens (tertiary/aromatic N) is 3. The van der Waals surface area contributed by atoms with Gasteiger partial charge in [0.25, 0.3) is 0 Å². The van der Waals surface area contributed by atoms with Gasteiger partial charge in [-0.3, -0.25) is 14.5 Å². The van der Waals surface area contributed by atoms with Crippen molar-refractivity contribution in [1.29, 1.82) is 0 Å². The lowest BCUT2D eigenvalue weighted by molar-refractivity contribution is -0.121. The van der Waals surface area contributed by atoms with Crippen LogP contribution in [0.3, 0.4) is 0 Å². The van der Waals surface area contributed by atoms with Crippen molar-refractivity contribution in [3.63, 3.8) is 0 Å². The molecular formula is C23H23ClN4O3. The number of aromatic nitrogens is 2. The zero-order valence-corrected chi connectivity index (χ0v) is 17.9. The van der Waals surface area contributed by atoms with Gasteiger partial charge >= 0.3 is 0 Å². The number of halogens is 1. The average molecular weight is 439 g/mol. The first kappa shape index (κ1) is 21.2. The number of anilines is 1. The van der Waals surface area contributed by atoms with E-state index in [9.17, 15) is 9.59 Å². The smallest absolute Gasteiger partial charge is 0.241 e. The number of carbonyl (C=O) groups excluding carboxylic acids is 2. The number of nitrogens with one attached hydrogen (secondary N) is 1. The van der Waals surface area contributed by atoms with Crippen LogP contribution in [0.2, 0.25) is 5.02 Å². The quantitative estimate of drug-likeness (QED) is 0.572. The minimum Gasteiger partial charge on any atom is -0.338 e. The third-order valence-corrected chi connectivity index (χ3v) is 5.56. The molecule has 1 unspecified atom stereocenters. The topological polar surface area (TPSA) is 88.3 Å². The predicted octanol–water partition coefficient (Wildman–Crippen LogP) is 4.44. The van der Waals surface area contributed by atoms with E-state index in [1.54, 1.807) is 36.4 Å². The lowest BCUT2D eigenvalue weighted by atomic mass is 9.97. The fraction of sp³-hybridized carbons (Fsp3) is 0.304. The summed E-state index contributed by atoms with van der Waals surface area (Å²) in [5, 5.41) is 7.60. The molecule has 1 fully saturated rings. The Morgan fingerprint density at radius 2 is 2.06 bits per heavy atom. The van der Waals surface area contributed by atoms with Crippen LogP contribution in [-0.2, 0) is 11.3 Å². The monoisotopic (exact) mass is 438 g/mol. The molecule has 0 spiro atoms. The average Bonchev–Trinajstić information content (AvgIpc) is 3.22. The SMILES string of the molecule is CC(=O)c1cccc(NC(=O)C2CCCN(Cc3nc(-c4cccc(Cl)c4)no3)C2)c1. The van der Waals surface area contributed by atoms with E-state index in [1.165, 1.54) is 6.92 Å². The minimum absolute atomic E-state index is 0.0309. The number of Topliss-reactive ketones (excluding diaryl/α,β-unsaturated/α-hetero) is 1. The Labute approximate surface area is 185 Å². The second-order valence-electron chi connectivity index (χ2n) is 7.72. The third-order valence-electron chi connectivity index (χ3n) is 5.32. The normalized spacial score (nSPS) is 16.8. The van der Waals surface area contributed by atoms with Gasteiger partial charge in [-0.15, -0.1) is 0 Å². The number of carbonyl (C=O) groups is 2. The molecule has 2 heterocycles. The number of piperidine rings is 1. The van der Waals surface area contributed by atoms with Gasteiger partial charge < -0.3 is 9.84 Å². The molecule has 3 aromatic rings. The van der Waals surface area contributed by atoms with E-state index < -0.39 is 0 Å². The molecule has 1 N–H and O–H groups in total. The summed E-state index contributed by atoms with van der Waals surface area (Å²) < 4.78 is 5.41. The highest BCUT2D eigenvalue weighted by atomic mass is 35.5. The molecule has 0 saturated carbocycles. The van der Waals surface area contributed by atoms with Gasteiger partial charge in [0.15, 0.2) is 5.78 Å². The van der Waals surface area contributed by atoms with Gasteiger partial charge in [-0.1, -0.05) is 41.0 Å². The van der Waals surface area contributed by atoms with Crippen LogP contribution >= 0.6 is 11.6 Å². The summed E-state index contributed by atoms with van der Waals surface area (Å²) in [6.45, 7) is 3.46. The molecule has 1 amide bonds. The van der Waals surface area contributed by atoms with Crippen LogP contribution < -0.4 is 5.32 Å². The van der Waals surface area contributed by atoms with E-state index >= 15 is 0 Å². The molecule has 1 aliphatic heterocycles. The second kappa shape index (κ2) is 9.41. The van der Waals surface area contributed by atoms with E-state index in [0.717, 1.165) is 24.9 Å². The number of likely N-dealkylation sites (tertiary alicyclic amines) is 1. The van der Waals surface area contributed by atoms with Gasteiger partial charge in [-0.05, 0) is 50.6 Å². The van der Waals surface area contributed by atoms with Crippen molar-refractivity contribution in [3.05, 3.63) is 65.0 Å². The highest BCUT2D eigenvalue weighted by Gasteiger charge is 2.27. The van der Waals surface area contributed by atoms with Crippen LogP contribution in [0.25, 0.3) is 11.4 Å². The lowest BCUT2D eigenvalue weighted by Crippen LogP contribution is -2.40. The molecule has 31 heavy (non-hydrogen) atoms. The van der Waals surface area contributed by atoms with Crippen molar-refractivity contribution in [2.75, 3.05) is 18.4 Å². The Morgan fingerprint density at radius 1 is 1.23 bits per heavy atom. The molecule has 0 aliphatic carbocycles. The van der Waals surface area contributed by atoms with Gasteiger partial charge in [0, 0.05) is 28.4 Å². The molecule has 8 heteroatoms. The Bertz CT molecular complexity index is 1100. The maximum absolute atomic E-state index is 12.8. The fourth-order valence-corrected chi connectivity index (χ4v) is 3.92. The molecule has 0 bridgehead atoms. The summed E-state index contributed by atoms with van der Waals surface area (Å²) >= 11 is 6.04. The van der Waals surface area contributed by atoms with Crippen LogP contribution in [0, 0.1) is 5.92 Å². The summed E-state index contributed by atoms with van der Waals surface area (Å²) in [6.07, 6.45) is 1.72. The number of benzene rings is 2. The van der Waals surface area contributed by atoms with Gasteiger partial charge in [-0.25, -0.2) is 0 Å². The fourth-order valence-electron chi connectivity index (χ4n) is 3.73. The zero-order chi connectivity index (χ0) is 21.8. The molecule has 4 rings (SSSR count). The Kier molecular flexibility index (Phi) is 6.44. The first-order valence-corrected chi connectivity index (χ1v) is 10.6. The van der Waals surface area contributed by atoms with E-state index in [2.05, 4.69) is 20.4 Å². The van der Waals surface area contributed by atoms with Gasteiger partial charge in [-0.2, -0.15) is 4.98 Å². The van der Waals surface area contributed by atoms with Gasteiger partial charge in [0.05, 0.1) is 12.5 Å². The minimum atomic E-state index is -0.148. The largest absolute Gasteiger partial charge is 0.338 e. The molecule has 0 radical (unpaired) electrons. The van der Waals surface area contributed by atoms with E-state index in [0.29, 0.717) is 41.1 Å². The number of rotatable bonds is 6. The Balaban J connectivity index is 1.37. The van der Waals surface area contributed by atoms with Crippen molar-refractivity contribution in [3.8, 4) is 11.4 Å². The number of amides is 1. The molecule has 1 saturated heterocycles. The van der Waals surface area contributed by atoms with E-state index in [-0.39, 0.29) is 17.6 Å². The third kappa shape index (κ3) is 5.37. The van der Waals surface area contributed by atoms with E-state index in [4.69, 9.17) is 16.1 Å². The summed E-state index contributed by atoms with van der Waals surface area (Å²) in [6, 6.07) is 14.3. The maximum atomic E-state index is 12.8. The molecule has 7 nitrogen and oxygen atoms in total. The molecule has 1 aromatic heterocycles. The summed E-state index contributed by atoms with van der Waals surface area (Å²) in [4.78, 5) is 31.0. The number of hydrogen-bond donors (Lipinski definition) is 1. The Morgan fingerprint density at radius 3 is 2.87 bits per heavy atom. The highest BCUT2D eigenvalue weighted by molar-refractivity contribution is 6.30. The van der Waals surface area contributed by atoms with Crippen molar-refractivity contribution in [1.82, 2.24) is 15.0 Å².